The number of hydrogen-bond acceptors (Lipinski definition) is 4. The molecular formula is C23H17BrClNO4. The number of rotatable bonds is 5. The summed E-state index contributed by atoms with van der Waals surface area (Å²) in [5.74, 6) is -0.754. The summed E-state index contributed by atoms with van der Waals surface area (Å²) in [4.78, 5) is 40.0. The summed E-state index contributed by atoms with van der Waals surface area (Å²) < 4.78 is 6.63. The van der Waals surface area contributed by atoms with Crippen LogP contribution < -0.4 is 9.64 Å². The van der Waals surface area contributed by atoms with Crippen molar-refractivity contribution in [2.24, 2.45) is 23.7 Å². The van der Waals surface area contributed by atoms with Crippen molar-refractivity contribution in [3.63, 3.8) is 0 Å². The smallest absolute Gasteiger partial charge is 0.238 e. The Labute approximate surface area is 186 Å². The minimum absolute atomic E-state index is 0.115. The van der Waals surface area contributed by atoms with Gasteiger partial charge >= 0.3 is 0 Å². The number of fused-ring (bicyclic) bond motifs is 5. The summed E-state index contributed by atoms with van der Waals surface area (Å²) in [5, 5.41) is 0.385. The molecule has 2 bridgehead atoms. The van der Waals surface area contributed by atoms with E-state index < -0.39 is 0 Å². The molecule has 0 unspecified atom stereocenters. The molecule has 1 heterocycles. The van der Waals surface area contributed by atoms with Crippen molar-refractivity contribution in [1.82, 2.24) is 0 Å². The summed E-state index contributed by atoms with van der Waals surface area (Å²) in [6.45, 7) is -0.216. The number of ketones is 1. The number of allylic oxidation sites excluding steroid dienone is 2. The second-order valence-corrected chi connectivity index (χ2v) is 9.19. The molecule has 0 N–H and O–H groups in total. The van der Waals surface area contributed by atoms with Crippen molar-refractivity contribution in [3.8, 4) is 5.75 Å². The molecule has 2 aromatic carbocycles. The van der Waals surface area contributed by atoms with Crippen molar-refractivity contribution >= 4 is 50.8 Å². The van der Waals surface area contributed by atoms with Crippen LogP contribution in [0.3, 0.4) is 0 Å². The molecule has 0 spiro atoms. The second-order valence-electron chi connectivity index (χ2n) is 7.84. The number of anilines is 1. The Bertz CT molecular complexity index is 1070. The number of Topliss-reactive ketones (excluding diaryl/α,β-unsaturated/α-hetero) is 1. The largest absolute Gasteiger partial charge is 0.483 e. The van der Waals surface area contributed by atoms with E-state index in [4.69, 9.17) is 16.3 Å². The molecule has 30 heavy (non-hydrogen) atoms. The van der Waals surface area contributed by atoms with Crippen molar-refractivity contribution in [2.45, 2.75) is 6.42 Å². The predicted molar refractivity (Wildman–Crippen MR) is 116 cm³/mol. The van der Waals surface area contributed by atoms with Gasteiger partial charge in [0, 0.05) is 15.1 Å². The number of amides is 2. The van der Waals surface area contributed by atoms with Crippen LogP contribution in [0.25, 0.3) is 0 Å². The summed E-state index contributed by atoms with van der Waals surface area (Å²) >= 11 is 9.51. The number of ether oxygens (including phenoxy) is 1. The Balaban J connectivity index is 1.41. The quantitative estimate of drug-likeness (QED) is 0.350. The standard InChI is InChI=1S/C23H17BrClNO4/c24-15-5-3-12(4-6-15)18(27)11-30-19-8-7-16(25)10-17(19)26-22(28)20-13-1-2-14(9-13)21(20)23(26)29/h1-8,10,13-14,20-21H,9,11H2/t13-,14+,20-,21-/m0/s1. The molecule has 1 saturated carbocycles. The molecule has 7 heteroatoms. The van der Waals surface area contributed by atoms with Crippen LogP contribution in [0, 0.1) is 23.7 Å². The molecular weight excluding hydrogens is 470 g/mol. The summed E-state index contributed by atoms with van der Waals surface area (Å²) in [6.07, 6.45) is 4.96. The van der Waals surface area contributed by atoms with Crippen molar-refractivity contribution in [1.29, 1.82) is 0 Å². The zero-order chi connectivity index (χ0) is 21.0. The van der Waals surface area contributed by atoms with E-state index in [1.807, 2.05) is 12.2 Å². The van der Waals surface area contributed by atoms with Crippen LogP contribution in [0.2, 0.25) is 5.02 Å². The number of halogens is 2. The lowest BCUT2D eigenvalue weighted by Gasteiger charge is -2.21. The highest BCUT2D eigenvalue weighted by molar-refractivity contribution is 9.10. The van der Waals surface area contributed by atoms with E-state index in [0.29, 0.717) is 16.3 Å². The number of benzene rings is 2. The van der Waals surface area contributed by atoms with Gasteiger partial charge in [0.25, 0.3) is 0 Å². The van der Waals surface area contributed by atoms with Gasteiger partial charge in [-0.1, -0.05) is 51.8 Å². The average molecular weight is 487 g/mol. The van der Waals surface area contributed by atoms with Crippen LogP contribution in [0.15, 0.2) is 59.1 Å². The van der Waals surface area contributed by atoms with Gasteiger partial charge in [-0.3, -0.25) is 14.4 Å². The highest BCUT2D eigenvalue weighted by Gasteiger charge is 2.59. The molecule has 5 rings (SSSR count). The number of carbonyl (C=O) groups excluding carboxylic acids is 3. The van der Waals surface area contributed by atoms with Gasteiger partial charge in [0.2, 0.25) is 11.8 Å². The molecule has 3 aliphatic rings. The van der Waals surface area contributed by atoms with E-state index in [1.54, 1.807) is 42.5 Å². The van der Waals surface area contributed by atoms with Crippen molar-refractivity contribution in [2.75, 3.05) is 11.5 Å². The molecule has 0 radical (unpaired) electrons. The first-order valence-electron chi connectivity index (χ1n) is 9.71. The summed E-state index contributed by atoms with van der Waals surface area (Å²) in [5.41, 5.74) is 0.814. The second kappa shape index (κ2) is 7.36. The lowest BCUT2D eigenvalue weighted by molar-refractivity contribution is -0.123. The van der Waals surface area contributed by atoms with Crippen LogP contribution in [0.1, 0.15) is 16.8 Å². The van der Waals surface area contributed by atoms with Crippen molar-refractivity contribution < 1.29 is 19.1 Å². The Hall–Kier alpha value is -2.44. The molecule has 2 amide bonds. The minimum atomic E-state index is -0.316. The monoisotopic (exact) mass is 485 g/mol. The van der Waals surface area contributed by atoms with Crippen LogP contribution in [0.4, 0.5) is 5.69 Å². The zero-order valence-electron chi connectivity index (χ0n) is 15.8. The van der Waals surface area contributed by atoms with Gasteiger partial charge in [0.15, 0.2) is 12.4 Å². The molecule has 1 aliphatic heterocycles. The topological polar surface area (TPSA) is 63.7 Å². The summed E-state index contributed by atoms with van der Waals surface area (Å²) in [7, 11) is 0. The van der Waals surface area contributed by atoms with Gasteiger partial charge in [-0.15, -0.1) is 0 Å². The lowest BCUT2D eigenvalue weighted by Crippen LogP contribution is -2.33. The Morgan fingerprint density at radius 3 is 2.30 bits per heavy atom. The number of hydrogen-bond donors (Lipinski definition) is 0. The maximum Gasteiger partial charge on any atom is 0.238 e. The fourth-order valence-electron chi connectivity index (χ4n) is 4.79. The third-order valence-electron chi connectivity index (χ3n) is 6.16. The van der Waals surface area contributed by atoms with E-state index in [-0.39, 0.29) is 53.6 Å². The van der Waals surface area contributed by atoms with Crippen LogP contribution in [-0.2, 0) is 9.59 Å². The fourth-order valence-corrected chi connectivity index (χ4v) is 5.22. The number of carbonyl (C=O) groups is 3. The number of nitrogens with zero attached hydrogens (tertiary/aromatic N) is 1. The molecule has 2 aliphatic carbocycles. The molecule has 5 nitrogen and oxygen atoms in total. The first-order valence-corrected chi connectivity index (χ1v) is 10.9. The Morgan fingerprint density at radius 2 is 1.67 bits per heavy atom. The van der Waals surface area contributed by atoms with Gasteiger partial charge < -0.3 is 4.74 Å². The van der Waals surface area contributed by atoms with E-state index in [9.17, 15) is 14.4 Å². The van der Waals surface area contributed by atoms with Gasteiger partial charge in [0.1, 0.15) is 5.75 Å². The van der Waals surface area contributed by atoms with E-state index in [2.05, 4.69) is 15.9 Å². The van der Waals surface area contributed by atoms with Crippen LogP contribution in [0.5, 0.6) is 5.75 Å². The first-order chi connectivity index (χ1) is 14.4. The highest BCUT2D eigenvalue weighted by atomic mass is 79.9. The van der Waals surface area contributed by atoms with Gasteiger partial charge in [-0.2, -0.15) is 0 Å². The van der Waals surface area contributed by atoms with E-state index in [1.165, 1.54) is 4.90 Å². The summed E-state index contributed by atoms with van der Waals surface area (Å²) in [6, 6.07) is 11.7. The van der Waals surface area contributed by atoms with Gasteiger partial charge in [-0.05, 0) is 48.6 Å². The SMILES string of the molecule is O=C(COc1ccc(Cl)cc1N1C(=O)[C@@H]2[C@@H](C1=O)[C@H]1C=C[C@@H]2C1)c1ccc(Br)cc1. The van der Waals surface area contributed by atoms with E-state index in [0.717, 1.165) is 10.9 Å². The zero-order valence-corrected chi connectivity index (χ0v) is 18.1. The van der Waals surface area contributed by atoms with Gasteiger partial charge in [-0.25, -0.2) is 4.90 Å². The highest BCUT2D eigenvalue weighted by Crippen LogP contribution is 2.54. The van der Waals surface area contributed by atoms with Gasteiger partial charge in [0.05, 0.1) is 17.5 Å². The normalized spacial score (nSPS) is 26.4. The third kappa shape index (κ3) is 3.10. The fraction of sp³-hybridized carbons (Fsp3) is 0.261. The van der Waals surface area contributed by atoms with Crippen LogP contribution >= 0.6 is 27.5 Å². The average Bonchev–Trinajstić information content (AvgIpc) is 3.41. The lowest BCUT2D eigenvalue weighted by atomic mass is 9.85. The maximum atomic E-state index is 13.1. The maximum absolute atomic E-state index is 13.1. The van der Waals surface area contributed by atoms with Crippen molar-refractivity contribution in [3.05, 3.63) is 69.7 Å². The first kappa shape index (κ1) is 19.5. The minimum Gasteiger partial charge on any atom is -0.483 e. The van der Waals surface area contributed by atoms with Crippen LogP contribution in [-0.4, -0.2) is 24.2 Å². The van der Waals surface area contributed by atoms with E-state index >= 15 is 0 Å². The molecule has 4 atom stereocenters. The molecule has 152 valence electrons. The molecule has 2 fully saturated rings. The molecule has 2 aromatic rings. The molecule has 1 saturated heterocycles. The number of imide groups is 1. The Kier molecular flexibility index (Phi) is 4.79. The predicted octanol–water partition coefficient (Wildman–Crippen LogP) is 4.68. The third-order valence-corrected chi connectivity index (χ3v) is 6.92. The Morgan fingerprint density at radius 1 is 1.03 bits per heavy atom. The molecule has 0 aromatic heterocycles.